The number of nitrogens with zero attached hydrogens (tertiary/aromatic N) is 1. The molecule has 104 valence electrons. The molecule has 2 amide bonds. The Balaban J connectivity index is 3.07. The van der Waals surface area contributed by atoms with E-state index in [9.17, 15) is 9.59 Å². The van der Waals surface area contributed by atoms with Gasteiger partial charge >= 0.3 is 0 Å². The summed E-state index contributed by atoms with van der Waals surface area (Å²) in [5.41, 5.74) is 10.4. The Morgan fingerprint density at radius 2 is 2.05 bits per heavy atom. The minimum atomic E-state index is -0.819. The lowest BCUT2D eigenvalue weighted by molar-refractivity contribution is -0.120. The molecule has 7 heteroatoms. The van der Waals surface area contributed by atoms with Crippen molar-refractivity contribution in [1.82, 2.24) is 0 Å². The normalized spacial score (nSPS) is 10.5. The molecule has 0 saturated heterocycles. The highest BCUT2D eigenvalue weighted by Gasteiger charge is 2.08. The molecular formula is C13H13N3O4. The minimum Gasteiger partial charge on any atom is -0.493 e. The molecule has 0 aromatic heterocycles. The van der Waals surface area contributed by atoms with E-state index in [1.165, 1.54) is 25.3 Å². The third kappa shape index (κ3) is 4.03. The Hall–Kier alpha value is -3.01. The van der Waals surface area contributed by atoms with Gasteiger partial charge in [0.25, 0.3) is 11.8 Å². The van der Waals surface area contributed by atoms with Crippen LogP contribution < -0.4 is 20.9 Å². The number of methoxy groups -OCH3 is 1. The second kappa shape index (κ2) is 6.80. The first-order chi connectivity index (χ1) is 9.47. The predicted octanol–water partition coefficient (Wildman–Crippen LogP) is -0.0484. The number of hydrogen-bond acceptors (Lipinski definition) is 5. The molecule has 0 aliphatic carbocycles. The zero-order valence-corrected chi connectivity index (χ0v) is 10.8. The lowest BCUT2D eigenvalue weighted by atomic mass is 10.1. The van der Waals surface area contributed by atoms with Crippen molar-refractivity contribution in [2.45, 2.75) is 0 Å². The topological polar surface area (TPSA) is 128 Å². The van der Waals surface area contributed by atoms with Crippen molar-refractivity contribution >= 4 is 17.9 Å². The van der Waals surface area contributed by atoms with Gasteiger partial charge in [-0.2, -0.15) is 5.26 Å². The summed E-state index contributed by atoms with van der Waals surface area (Å²) in [6, 6.07) is 6.35. The number of carbonyl (C=O) groups is 2. The lowest BCUT2D eigenvalue weighted by Gasteiger charge is -2.10. The van der Waals surface area contributed by atoms with Gasteiger partial charge in [0.2, 0.25) is 0 Å². The third-order valence-electron chi connectivity index (χ3n) is 2.25. The fourth-order valence-electron chi connectivity index (χ4n) is 1.37. The first kappa shape index (κ1) is 15.0. The average molecular weight is 275 g/mol. The van der Waals surface area contributed by atoms with Crippen LogP contribution in [0.1, 0.15) is 5.56 Å². The van der Waals surface area contributed by atoms with E-state index in [0.717, 1.165) is 0 Å². The standard InChI is InChI=1S/C13H13N3O4/c1-19-11-5-8(4-9(6-14)13(16)18)2-3-10(11)20-7-12(15)17/h2-5H,7H2,1H3,(H2,15,17)(H2,16,18). The maximum absolute atomic E-state index is 11.0. The predicted molar refractivity (Wildman–Crippen MR) is 70.5 cm³/mol. The van der Waals surface area contributed by atoms with Crippen LogP contribution in [0.3, 0.4) is 0 Å². The Morgan fingerprint density at radius 3 is 2.55 bits per heavy atom. The quantitative estimate of drug-likeness (QED) is 0.555. The van der Waals surface area contributed by atoms with Crippen molar-refractivity contribution in [3.8, 4) is 17.6 Å². The lowest BCUT2D eigenvalue weighted by Crippen LogP contribution is -2.20. The molecule has 1 rings (SSSR count). The number of ether oxygens (including phenoxy) is 2. The molecule has 0 aliphatic heterocycles. The van der Waals surface area contributed by atoms with Crippen LogP contribution in [0.2, 0.25) is 0 Å². The number of rotatable bonds is 6. The smallest absolute Gasteiger partial charge is 0.259 e. The summed E-state index contributed by atoms with van der Waals surface area (Å²) < 4.78 is 10.2. The van der Waals surface area contributed by atoms with Crippen LogP contribution in [0.4, 0.5) is 0 Å². The van der Waals surface area contributed by atoms with Crippen molar-refractivity contribution in [3.05, 3.63) is 29.3 Å². The number of benzene rings is 1. The van der Waals surface area contributed by atoms with E-state index >= 15 is 0 Å². The first-order valence-electron chi connectivity index (χ1n) is 5.48. The van der Waals surface area contributed by atoms with Crippen LogP contribution in [0.25, 0.3) is 6.08 Å². The molecule has 0 aliphatic rings. The van der Waals surface area contributed by atoms with Gasteiger partial charge in [-0.3, -0.25) is 9.59 Å². The Kier molecular flexibility index (Phi) is 5.12. The number of nitriles is 1. The minimum absolute atomic E-state index is 0.183. The van der Waals surface area contributed by atoms with Gasteiger partial charge in [-0.05, 0) is 23.8 Å². The summed E-state index contributed by atoms with van der Waals surface area (Å²) in [5.74, 6) is -0.778. The van der Waals surface area contributed by atoms with Crippen LogP contribution in [0.5, 0.6) is 11.5 Å². The van der Waals surface area contributed by atoms with E-state index in [0.29, 0.717) is 17.1 Å². The van der Waals surface area contributed by atoms with Gasteiger partial charge in [0.1, 0.15) is 11.6 Å². The third-order valence-corrected chi connectivity index (χ3v) is 2.25. The zero-order chi connectivity index (χ0) is 15.1. The molecule has 1 aromatic rings. The summed E-state index contributed by atoms with van der Waals surface area (Å²) >= 11 is 0. The second-order valence-electron chi connectivity index (χ2n) is 3.70. The van der Waals surface area contributed by atoms with E-state index in [-0.39, 0.29) is 12.2 Å². The van der Waals surface area contributed by atoms with Crippen molar-refractivity contribution in [2.24, 2.45) is 11.5 Å². The zero-order valence-electron chi connectivity index (χ0n) is 10.8. The number of amides is 2. The van der Waals surface area contributed by atoms with E-state index in [4.69, 9.17) is 26.2 Å². The molecule has 0 atom stereocenters. The molecule has 1 aromatic carbocycles. The summed E-state index contributed by atoms with van der Waals surface area (Å²) in [5, 5.41) is 8.76. The van der Waals surface area contributed by atoms with Gasteiger partial charge in [-0.25, -0.2) is 0 Å². The first-order valence-corrected chi connectivity index (χ1v) is 5.48. The van der Waals surface area contributed by atoms with Crippen molar-refractivity contribution in [2.75, 3.05) is 13.7 Å². The maximum Gasteiger partial charge on any atom is 0.259 e. The molecule has 0 unspecified atom stereocenters. The van der Waals surface area contributed by atoms with Gasteiger partial charge in [0, 0.05) is 0 Å². The largest absolute Gasteiger partial charge is 0.493 e. The summed E-state index contributed by atoms with van der Waals surface area (Å²) in [7, 11) is 1.42. The second-order valence-corrected chi connectivity index (χ2v) is 3.70. The number of carbonyl (C=O) groups excluding carboxylic acids is 2. The fourth-order valence-corrected chi connectivity index (χ4v) is 1.37. The van der Waals surface area contributed by atoms with Gasteiger partial charge in [0.05, 0.1) is 7.11 Å². The van der Waals surface area contributed by atoms with E-state index in [1.54, 1.807) is 12.1 Å². The SMILES string of the molecule is COc1cc(C=C(C#N)C(N)=O)ccc1OCC(N)=O. The van der Waals surface area contributed by atoms with Crippen molar-refractivity contribution in [3.63, 3.8) is 0 Å². The Labute approximate surface area is 115 Å². The van der Waals surface area contributed by atoms with Gasteiger partial charge in [-0.15, -0.1) is 0 Å². The molecule has 0 heterocycles. The highest BCUT2D eigenvalue weighted by molar-refractivity contribution is 6.00. The highest BCUT2D eigenvalue weighted by atomic mass is 16.5. The molecular weight excluding hydrogens is 262 g/mol. The van der Waals surface area contributed by atoms with Gasteiger partial charge < -0.3 is 20.9 Å². The van der Waals surface area contributed by atoms with Crippen LogP contribution in [0.15, 0.2) is 23.8 Å². The fraction of sp³-hybridized carbons (Fsp3) is 0.154. The molecule has 0 radical (unpaired) electrons. The van der Waals surface area contributed by atoms with Crippen LogP contribution >= 0.6 is 0 Å². The Morgan fingerprint density at radius 1 is 1.35 bits per heavy atom. The van der Waals surface area contributed by atoms with E-state index in [1.807, 2.05) is 0 Å². The van der Waals surface area contributed by atoms with Crippen LogP contribution in [0, 0.1) is 11.3 Å². The average Bonchev–Trinajstić information content (AvgIpc) is 2.42. The molecule has 0 saturated carbocycles. The molecule has 0 fully saturated rings. The molecule has 20 heavy (non-hydrogen) atoms. The molecule has 7 nitrogen and oxygen atoms in total. The van der Waals surface area contributed by atoms with E-state index < -0.39 is 11.8 Å². The van der Waals surface area contributed by atoms with Crippen LogP contribution in [-0.2, 0) is 9.59 Å². The van der Waals surface area contributed by atoms with Crippen molar-refractivity contribution in [1.29, 1.82) is 5.26 Å². The number of primary amides is 2. The summed E-state index contributed by atoms with van der Waals surface area (Å²) in [4.78, 5) is 21.6. The Bertz CT molecular complexity index is 602. The van der Waals surface area contributed by atoms with Gasteiger partial charge in [0.15, 0.2) is 18.1 Å². The summed E-state index contributed by atoms with van der Waals surface area (Å²) in [6.45, 7) is -0.281. The van der Waals surface area contributed by atoms with E-state index in [2.05, 4.69) is 0 Å². The molecule has 0 spiro atoms. The van der Waals surface area contributed by atoms with Crippen LogP contribution in [-0.4, -0.2) is 25.5 Å². The monoisotopic (exact) mass is 275 g/mol. The molecule has 0 bridgehead atoms. The molecule has 4 N–H and O–H groups in total. The summed E-state index contributed by atoms with van der Waals surface area (Å²) in [6.07, 6.45) is 1.32. The number of nitrogens with two attached hydrogens (primary N) is 2. The maximum atomic E-state index is 11.0. The number of hydrogen-bond donors (Lipinski definition) is 2. The van der Waals surface area contributed by atoms with Crippen molar-refractivity contribution < 1.29 is 19.1 Å². The van der Waals surface area contributed by atoms with Gasteiger partial charge in [-0.1, -0.05) is 6.07 Å². The highest BCUT2D eigenvalue weighted by Crippen LogP contribution is 2.28.